The Kier molecular flexibility index (Phi) is 2.25. The minimum absolute atomic E-state index is 0.0947. The Morgan fingerprint density at radius 1 is 1.83 bits per heavy atom. The minimum atomic E-state index is -1.04. The highest BCUT2D eigenvalue weighted by Crippen LogP contribution is 2.27. The number of hydrogen-bond acceptors (Lipinski definition) is 4. The molecule has 1 fully saturated rings. The van der Waals surface area contributed by atoms with Crippen molar-refractivity contribution < 1.29 is 19.0 Å². The average molecular weight is 170 g/mol. The zero-order valence-corrected chi connectivity index (χ0v) is 6.99. The maximum Gasteiger partial charge on any atom is 0.511 e. The van der Waals surface area contributed by atoms with Crippen LogP contribution in [0.1, 0.15) is 13.8 Å². The molecule has 0 spiro atoms. The second-order valence-corrected chi connectivity index (χ2v) is 2.62. The molecule has 66 valence electrons. The largest absolute Gasteiger partial charge is 0.511 e. The van der Waals surface area contributed by atoms with Gasteiger partial charge in [0, 0.05) is 6.92 Å². The van der Waals surface area contributed by atoms with Crippen molar-refractivity contribution in [3.63, 3.8) is 0 Å². The highest BCUT2D eigenvalue weighted by atomic mass is 16.8. The molecule has 1 aliphatic rings. The Morgan fingerprint density at radius 3 is 2.92 bits per heavy atom. The number of terminal acetylenes is 1. The number of hydrogen-bond donors (Lipinski definition) is 0. The van der Waals surface area contributed by atoms with Gasteiger partial charge in [0.25, 0.3) is 5.79 Å². The van der Waals surface area contributed by atoms with Gasteiger partial charge in [-0.3, -0.25) is 0 Å². The van der Waals surface area contributed by atoms with Gasteiger partial charge >= 0.3 is 6.16 Å². The van der Waals surface area contributed by atoms with Gasteiger partial charge in [-0.05, 0) is 6.92 Å². The fourth-order valence-corrected chi connectivity index (χ4v) is 0.856. The summed E-state index contributed by atoms with van der Waals surface area (Å²) in [5.41, 5.74) is 0. The standard InChI is InChI=1S/C8H10O4/c1-4-5-10-8(3)6(2)11-7(9)12-8/h1,6H,5H2,2-3H3. The van der Waals surface area contributed by atoms with Crippen molar-refractivity contribution in [3.05, 3.63) is 0 Å². The predicted octanol–water partition coefficient (Wildman–Crippen LogP) is 0.908. The first-order valence-corrected chi connectivity index (χ1v) is 3.55. The normalized spacial score (nSPS) is 33.8. The average Bonchev–Trinajstić information content (AvgIpc) is 2.23. The van der Waals surface area contributed by atoms with Gasteiger partial charge in [-0.2, -0.15) is 0 Å². The fraction of sp³-hybridized carbons (Fsp3) is 0.625. The van der Waals surface area contributed by atoms with E-state index in [4.69, 9.17) is 20.6 Å². The molecule has 2 unspecified atom stereocenters. The van der Waals surface area contributed by atoms with Crippen LogP contribution in [0.4, 0.5) is 4.79 Å². The van der Waals surface area contributed by atoms with E-state index in [1.54, 1.807) is 13.8 Å². The van der Waals surface area contributed by atoms with Gasteiger partial charge in [0.2, 0.25) is 0 Å². The summed E-state index contributed by atoms with van der Waals surface area (Å²) in [6, 6.07) is 0. The monoisotopic (exact) mass is 170 g/mol. The van der Waals surface area contributed by atoms with E-state index < -0.39 is 18.0 Å². The lowest BCUT2D eigenvalue weighted by atomic mass is 10.2. The number of carbonyl (C=O) groups is 1. The summed E-state index contributed by atoms with van der Waals surface area (Å²) in [6.07, 6.45) is 3.84. The first kappa shape index (κ1) is 8.88. The molecule has 1 rings (SSSR count). The van der Waals surface area contributed by atoms with Crippen LogP contribution in [0.15, 0.2) is 0 Å². The molecular weight excluding hydrogens is 160 g/mol. The molecular formula is C8H10O4. The van der Waals surface area contributed by atoms with Crippen molar-refractivity contribution >= 4 is 6.16 Å². The molecule has 0 N–H and O–H groups in total. The smallest absolute Gasteiger partial charge is 0.424 e. The molecule has 1 aliphatic heterocycles. The molecule has 0 aromatic heterocycles. The van der Waals surface area contributed by atoms with Crippen molar-refractivity contribution in [2.45, 2.75) is 25.7 Å². The van der Waals surface area contributed by atoms with Gasteiger partial charge in [-0.25, -0.2) is 4.79 Å². The SMILES string of the molecule is C#CCOC1(C)OC(=O)OC1C. The lowest BCUT2D eigenvalue weighted by molar-refractivity contribution is -0.177. The summed E-state index contributed by atoms with van der Waals surface area (Å²) in [7, 11) is 0. The summed E-state index contributed by atoms with van der Waals surface area (Å²) in [5, 5.41) is 0. The topological polar surface area (TPSA) is 44.8 Å². The number of cyclic esters (lactones) is 2. The highest BCUT2D eigenvalue weighted by molar-refractivity contribution is 5.62. The molecule has 2 atom stereocenters. The molecule has 0 amide bonds. The van der Waals surface area contributed by atoms with Crippen LogP contribution in [0.3, 0.4) is 0 Å². The van der Waals surface area contributed by atoms with Crippen molar-refractivity contribution in [1.29, 1.82) is 0 Å². The minimum Gasteiger partial charge on any atom is -0.424 e. The quantitative estimate of drug-likeness (QED) is 0.456. The van der Waals surface area contributed by atoms with E-state index in [-0.39, 0.29) is 6.61 Å². The Hall–Kier alpha value is -1.21. The fourth-order valence-electron chi connectivity index (χ4n) is 0.856. The van der Waals surface area contributed by atoms with Gasteiger partial charge in [0.05, 0.1) is 0 Å². The first-order valence-electron chi connectivity index (χ1n) is 3.55. The summed E-state index contributed by atoms with van der Waals surface area (Å²) >= 11 is 0. The van der Waals surface area contributed by atoms with Crippen LogP contribution >= 0.6 is 0 Å². The van der Waals surface area contributed by atoms with Crippen LogP contribution < -0.4 is 0 Å². The molecule has 0 saturated carbocycles. The van der Waals surface area contributed by atoms with Crippen LogP contribution in [-0.4, -0.2) is 24.7 Å². The first-order chi connectivity index (χ1) is 5.58. The number of carbonyl (C=O) groups excluding carboxylic acids is 1. The van der Waals surface area contributed by atoms with Crippen molar-refractivity contribution in [2.24, 2.45) is 0 Å². The third-order valence-corrected chi connectivity index (χ3v) is 1.74. The van der Waals surface area contributed by atoms with E-state index >= 15 is 0 Å². The van der Waals surface area contributed by atoms with E-state index in [0.717, 1.165) is 0 Å². The summed E-state index contributed by atoms with van der Waals surface area (Å²) < 4.78 is 14.6. The Labute approximate surface area is 70.8 Å². The Morgan fingerprint density at radius 2 is 2.50 bits per heavy atom. The molecule has 0 aromatic rings. The third-order valence-electron chi connectivity index (χ3n) is 1.74. The third kappa shape index (κ3) is 1.51. The number of ether oxygens (including phenoxy) is 3. The molecule has 4 nitrogen and oxygen atoms in total. The van der Waals surface area contributed by atoms with Crippen molar-refractivity contribution in [2.75, 3.05) is 6.61 Å². The number of rotatable bonds is 2. The van der Waals surface area contributed by atoms with Crippen molar-refractivity contribution in [1.82, 2.24) is 0 Å². The second-order valence-electron chi connectivity index (χ2n) is 2.62. The lowest BCUT2D eigenvalue weighted by Gasteiger charge is -2.22. The van der Waals surface area contributed by atoms with E-state index in [0.29, 0.717) is 0 Å². The molecule has 1 saturated heterocycles. The van der Waals surface area contributed by atoms with E-state index in [2.05, 4.69) is 5.92 Å². The van der Waals surface area contributed by atoms with Gasteiger partial charge in [-0.1, -0.05) is 5.92 Å². The molecule has 0 radical (unpaired) electrons. The maximum absolute atomic E-state index is 10.7. The van der Waals surface area contributed by atoms with E-state index in [1.165, 1.54) is 0 Å². The zero-order valence-electron chi connectivity index (χ0n) is 6.99. The molecule has 1 heterocycles. The van der Waals surface area contributed by atoms with Crippen LogP contribution in [-0.2, 0) is 14.2 Å². The van der Waals surface area contributed by atoms with Gasteiger partial charge in [0.1, 0.15) is 6.61 Å². The highest BCUT2D eigenvalue weighted by Gasteiger charge is 2.46. The molecule has 0 bridgehead atoms. The second kappa shape index (κ2) is 3.03. The van der Waals surface area contributed by atoms with Gasteiger partial charge < -0.3 is 14.2 Å². The summed E-state index contributed by atoms with van der Waals surface area (Å²) in [6.45, 7) is 3.39. The van der Waals surface area contributed by atoms with E-state index in [1.807, 2.05) is 0 Å². The summed E-state index contributed by atoms with van der Waals surface area (Å²) in [4.78, 5) is 10.7. The Bertz CT molecular complexity index is 230. The Balaban J connectivity index is 2.59. The van der Waals surface area contributed by atoms with Crippen LogP contribution in [0.5, 0.6) is 0 Å². The van der Waals surface area contributed by atoms with Gasteiger partial charge in [0.15, 0.2) is 6.10 Å². The molecule has 0 aromatic carbocycles. The zero-order chi connectivity index (χ0) is 9.19. The van der Waals surface area contributed by atoms with Crippen molar-refractivity contribution in [3.8, 4) is 12.3 Å². The van der Waals surface area contributed by atoms with E-state index in [9.17, 15) is 4.79 Å². The predicted molar refractivity (Wildman–Crippen MR) is 40.2 cm³/mol. The van der Waals surface area contributed by atoms with Crippen LogP contribution in [0, 0.1) is 12.3 Å². The molecule has 0 aliphatic carbocycles. The molecule has 12 heavy (non-hydrogen) atoms. The van der Waals surface area contributed by atoms with Crippen LogP contribution in [0.25, 0.3) is 0 Å². The molecule has 4 heteroatoms. The lowest BCUT2D eigenvalue weighted by Crippen LogP contribution is -2.37. The van der Waals surface area contributed by atoms with Crippen LogP contribution in [0.2, 0.25) is 0 Å². The maximum atomic E-state index is 10.7. The van der Waals surface area contributed by atoms with Gasteiger partial charge in [-0.15, -0.1) is 6.42 Å². The summed E-state index contributed by atoms with van der Waals surface area (Å²) in [5.74, 6) is 1.25.